The molecule has 0 aromatic heterocycles. The number of imide groups is 1. The lowest BCUT2D eigenvalue weighted by Crippen LogP contribution is -2.49. The van der Waals surface area contributed by atoms with E-state index in [-0.39, 0.29) is 23.6 Å². The van der Waals surface area contributed by atoms with Crippen LogP contribution in [0.5, 0.6) is 0 Å². The van der Waals surface area contributed by atoms with Crippen molar-refractivity contribution in [3.63, 3.8) is 0 Å². The maximum Gasteiger partial charge on any atom is 0.235 e. The van der Waals surface area contributed by atoms with Gasteiger partial charge in [0.2, 0.25) is 11.8 Å². The first-order valence-electron chi connectivity index (χ1n) is 11.0. The second-order valence-corrected chi connectivity index (χ2v) is 8.67. The van der Waals surface area contributed by atoms with Gasteiger partial charge in [0.1, 0.15) is 6.04 Å². The number of ketones is 1. The molecular formula is C26H26N2O4. The molecule has 4 atom stereocenters. The lowest BCUT2D eigenvalue weighted by molar-refractivity contribution is -0.140. The highest BCUT2D eigenvalue weighted by Crippen LogP contribution is 2.50. The number of para-hydroxylation sites is 1. The molecule has 0 bridgehead atoms. The fraction of sp³-hybridized carbons (Fsp3) is 0.346. The van der Waals surface area contributed by atoms with Crippen molar-refractivity contribution in [3.05, 3.63) is 71.8 Å². The summed E-state index contributed by atoms with van der Waals surface area (Å²) in [6.07, 6.45) is 2.64. The van der Waals surface area contributed by atoms with Crippen LogP contribution in [0.25, 0.3) is 5.57 Å². The van der Waals surface area contributed by atoms with Crippen LogP contribution in [0.1, 0.15) is 29.3 Å². The number of carbonyl (C=O) groups excluding carboxylic acids is 3. The van der Waals surface area contributed by atoms with Crippen molar-refractivity contribution in [2.45, 2.75) is 25.4 Å². The molecule has 0 aliphatic carbocycles. The lowest BCUT2D eigenvalue weighted by Gasteiger charge is -2.38. The fourth-order valence-electron chi connectivity index (χ4n) is 5.52. The summed E-state index contributed by atoms with van der Waals surface area (Å²) in [5.74, 6) is -1.81. The monoisotopic (exact) mass is 430 g/mol. The van der Waals surface area contributed by atoms with E-state index >= 15 is 0 Å². The normalized spacial score (nSPS) is 26.0. The van der Waals surface area contributed by atoms with E-state index in [1.807, 2.05) is 54.3 Å². The van der Waals surface area contributed by atoms with Gasteiger partial charge in [-0.15, -0.1) is 0 Å². The van der Waals surface area contributed by atoms with Crippen molar-refractivity contribution in [1.82, 2.24) is 4.90 Å². The number of ether oxygens (including phenoxy) is 1. The van der Waals surface area contributed by atoms with Gasteiger partial charge in [-0.25, -0.2) is 0 Å². The van der Waals surface area contributed by atoms with Gasteiger partial charge >= 0.3 is 0 Å². The first kappa shape index (κ1) is 20.6. The maximum absolute atomic E-state index is 13.8. The summed E-state index contributed by atoms with van der Waals surface area (Å²) in [5, 5.41) is 0. The first-order valence-corrected chi connectivity index (χ1v) is 11.0. The minimum absolute atomic E-state index is 0.120. The largest absolute Gasteiger partial charge is 0.385 e. The number of allylic oxidation sites excluding steroid dienone is 1. The van der Waals surface area contributed by atoms with Gasteiger partial charge < -0.3 is 9.64 Å². The number of anilines is 1. The van der Waals surface area contributed by atoms with E-state index in [1.165, 1.54) is 4.90 Å². The molecule has 6 nitrogen and oxygen atoms in total. The minimum Gasteiger partial charge on any atom is -0.385 e. The van der Waals surface area contributed by atoms with Gasteiger partial charge in [0.05, 0.1) is 17.9 Å². The average Bonchev–Trinajstić information content (AvgIpc) is 3.28. The summed E-state index contributed by atoms with van der Waals surface area (Å²) < 4.78 is 5.10. The number of rotatable bonds is 6. The first-order chi connectivity index (χ1) is 15.5. The second kappa shape index (κ2) is 8.02. The van der Waals surface area contributed by atoms with Crippen LogP contribution in [-0.4, -0.2) is 54.8 Å². The van der Waals surface area contributed by atoms with Crippen LogP contribution in [-0.2, 0) is 14.3 Å². The zero-order valence-electron chi connectivity index (χ0n) is 18.2. The minimum atomic E-state index is -0.721. The number of hydrogen-bond acceptors (Lipinski definition) is 5. The molecular weight excluding hydrogens is 404 g/mol. The third kappa shape index (κ3) is 3.01. The quantitative estimate of drug-likeness (QED) is 0.400. The molecule has 6 heteroatoms. The summed E-state index contributed by atoms with van der Waals surface area (Å²) in [4.78, 5) is 44.2. The van der Waals surface area contributed by atoms with Crippen molar-refractivity contribution in [2.24, 2.45) is 11.8 Å². The van der Waals surface area contributed by atoms with Crippen LogP contribution >= 0.6 is 0 Å². The molecule has 2 aromatic rings. The van der Waals surface area contributed by atoms with E-state index in [1.54, 1.807) is 19.2 Å². The molecule has 0 N–H and O–H groups in total. The van der Waals surface area contributed by atoms with Gasteiger partial charge in [-0.1, -0.05) is 54.6 Å². The molecule has 2 saturated heterocycles. The Morgan fingerprint density at radius 3 is 2.41 bits per heavy atom. The Kier molecular flexibility index (Phi) is 5.18. The zero-order chi connectivity index (χ0) is 22.4. The van der Waals surface area contributed by atoms with E-state index in [0.717, 1.165) is 16.8 Å². The Balaban J connectivity index is 1.61. The smallest absolute Gasteiger partial charge is 0.235 e. The van der Waals surface area contributed by atoms with Gasteiger partial charge in [-0.3, -0.25) is 19.3 Å². The highest BCUT2D eigenvalue weighted by Gasteiger charge is 2.64. The van der Waals surface area contributed by atoms with Crippen LogP contribution < -0.4 is 4.90 Å². The number of benzene rings is 2. The molecule has 3 heterocycles. The van der Waals surface area contributed by atoms with Crippen LogP contribution in [0.15, 0.2) is 60.7 Å². The number of methoxy groups -OCH3 is 1. The van der Waals surface area contributed by atoms with E-state index in [0.29, 0.717) is 25.1 Å². The highest BCUT2D eigenvalue weighted by atomic mass is 16.5. The van der Waals surface area contributed by atoms with Crippen molar-refractivity contribution in [1.29, 1.82) is 0 Å². The third-order valence-corrected chi connectivity index (χ3v) is 6.90. The van der Waals surface area contributed by atoms with Gasteiger partial charge in [-0.2, -0.15) is 0 Å². The summed E-state index contributed by atoms with van der Waals surface area (Å²) in [6, 6.07) is 15.9. The van der Waals surface area contributed by atoms with Crippen molar-refractivity contribution >= 4 is 28.9 Å². The summed E-state index contributed by atoms with van der Waals surface area (Å²) in [7, 11) is 1.60. The van der Waals surface area contributed by atoms with Crippen molar-refractivity contribution in [3.8, 4) is 0 Å². The van der Waals surface area contributed by atoms with Crippen LogP contribution in [0.2, 0.25) is 0 Å². The number of carbonyl (C=O) groups is 3. The summed E-state index contributed by atoms with van der Waals surface area (Å²) >= 11 is 0. The zero-order valence-corrected chi connectivity index (χ0v) is 18.2. The highest BCUT2D eigenvalue weighted by molar-refractivity contribution is 6.14. The topological polar surface area (TPSA) is 66.9 Å². The van der Waals surface area contributed by atoms with Gasteiger partial charge in [0.15, 0.2) is 5.78 Å². The summed E-state index contributed by atoms with van der Waals surface area (Å²) in [5.41, 5.74) is 3.56. The lowest BCUT2D eigenvalue weighted by atomic mass is 9.85. The van der Waals surface area contributed by atoms with E-state index < -0.39 is 17.9 Å². The molecule has 0 unspecified atom stereocenters. The van der Waals surface area contributed by atoms with Crippen LogP contribution in [0.3, 0.4) is 0 Å². The second-order valence-electron chi connectivity index (χ2n) is 8.67. The number of Topliss-reactive ketones (excluding diaryl/α,β-unsaturated/α-hetero) is 1. The number of nitrogens with zero attached hydrogens (tertiary/aromatic N) is 2. The summed E-state index contributed by atoms with van der Waals surface area (Å²) in [6.45, 7) is 2.81. The number of hydrogen-bond donors (Lipinski definition) is 0. The van der Waals surface area contributed by atoms with E-state index in [4.69, 9.17) is 4.74 Å². The molecule has 5 rings (SSSR count). The molecule has 2 aromatic carbocycles. The average molecular weight is 431 g/mol. The molecule has 0 spiro atoms. The maximum atomic E-state index is 13.8. The number of amides is 2. The van der Waals surface area contributed by atoms with Crippen molar-refractivity contribution < 1.29 is 19.1 Å². The number of fused-ring (bicyclic) bond motifs is 5. The Labute approximate surface area is 187 Å². The van der Waals surface area contributed by atoms with Crippen LogP contribution in [0, 0.1) is 11.8 Å². The SMILES string of the molecule is COCCCN1C(=O)[C@@H]2[C@H](C1=O)[C@H](C(=O)c1ccccc1)N1c3ccccc3C(C)=C[C@H]21. The van der Waals surface area contributed by atoms with Crippen LogP contribution in [0.4, 0.5) is 5.69 Å². The predicted octanol–water partition coefficient (Wildman–Crippen LogP) is 3.18. The molecule has 2 amide bonds. The van der Waals surface area contributed by atoms with Gasteiger partial charge in [0, 0.05) is 37.1 Å². The Morgan fingerprint density at radius 2 is 1.66 bits per heavy atom. The van der Waals surface area contributed by atoms with E-state index in [9.17, 15) is 14.4 Å². The standard InChI is InChI=1S/C26H26N2O4/c1-16-15-20-21-22(26(31)27(25(21)30)13-8-14-32-2)23(24(29)17-9-4-3-5-10-17)28(20)19-12-7-6-11-18(16)19/h3-7,9-12,15,20-23H,8,13-14H2,1-2H3/t20-,21+,22+,23-/m1/s1. The predicted molar refractivity (Wildman–Crippen MR) is 121 cm³/mol. The molecule has 164 valence electrons. The van der Waals surface area contributed by atoms with Gasteiger partial charge in [0.25, 0.3) is 0 Å². The molecule has 0 radical (unpaired) electrons. The molecule has 32 heavy (non-hydrogen) atoms. The van der Waals surface area contributed by atoms with E-state index in [2.05, 4.69) is 6.08 Å². The molecule has 2 fully saturated rings. The molecule has 3 aliphatic heterocycles. The van der Waals surface area contributed by atoms with Crippen molar-refractivity contribution in [2.75, 3.05) is 25.2 Å². The molecule has 0 saturated carbocycles. The fourth-order valence-corrected chi connectivity index (χ4v) is 5.52. The van der Waals surface area contributed by atoms with Gasteiger partial charge in [-0.05, 0) is 25.0 Å². The Hall–Kier alpha value is -3.25. The Bertz CT molecular complexity index is 1110. The molecule has 3 aliphatic rings. The third-order valence-electron chi connectivity index (χ3n) is 6.90. The Morgan fingerprint density at radius 1 is 0.969 bits per heavy atom. The number of likely N-dealkylation sites (tertiary alicyclic amines) is 1.